The summed E-state index contributed by atoms with van der Waals surface area (Å²) in [6, 6.07) is 5.37. The van der Waals surface area contributed by atoms with Gasteiger partial charge in [-0.1, -0.05) is 6.07 Å². The van der Waals surface area contributed by atoms with Gasteiger partial charge in [0.2, 0.25) is 0 Å². The van der Waals surface area contributed by atoms with Gasteiger partial charge in [0.05, 0.1) is 13.2 Å². The predicted octanol–water partition coefficient (Wildman–Crippen LogP) is 2.01. The second kappa shape index (κ2) is 5.02. The number of nitrogens with one attached hydrogen (secondary N) is 1. The second-order valence-electron chi connectivity index (χ2n) is 4.60. The molecule has 1 aromatic rings. The maximum Gasteiger partial charge on any atom is 0.165 e. The van der Waals surface area contributed by atoms with E-state index in [1.54, 1.807) is 12.1 Å². The molecule has 3 nitrogen and oxygen atoms in total. The average Bonchev–Trinajstić information content (AvgIpc) is 2.27. The monoisotopic (exact) mass is 239 g/mol. The van der Waals surface area contributed by atoms with Gasteiger partial charge in [-0.25, -0.2) is 4.39 Å². The Bertz CT molecular complexity index is 391. The number of benzene rings is 1. The first-order chi connectivity index (χ1) is 8.10. The number of hydrogen-bond donors (Lipinski definition) is 2. The third-order valence-corrected chi connectivity index (χ3v) is 3.27. The standard InChI is InChI=1S/C13H18FNO2/c1-8(15-10-6-11(16)7-10)9-3-4-12(14)13(5-9)17-2/h3-5,8,10-11,15-16H,6-7H2,1-2H3. The van der Waals surface area contributed by atoms with Crippen molar-refractivity contribution in [1.82, 2.24) is 5.32 Å². The SMILES string of the molecule is COc1cc(C(C)NC2CC(O)C2)ccc1F. The second-order valence-corrected chi connectivity index (χ2v) is 4.60. The molecule has 0 heterocycles. The van der Waals surface area contributed by atoms with Crippen LogP contribution in [-0.4, -0.2) is 24.4 Å². The van der Waals surface area contributed by atoms with Crippen LogP contribution in [0.5, 0.6) is 5.75 Å². The maximum atomic E-state index is 13.2. The molecule has 1 fully saturated rings. The van der Waals surface area contributed by atoms with Crippen LogP contribution < -0.4 is 10.1 Å². The van der Waals surface area contributed by atoms with Gasteiger partial charge in [0.1, 0.15) is 0 Å². The lowest BCUT2D eigenvalue weighted by Crippen LogP contribution is -2.45. The number of halogens is 1. The first-order valence-corrected chi connectivity index (χ1v) is 5.87. The summed E-state index contributed by atoms with van der Waals surface area (Å²) in [4.78, 5) is 0. The molecular formula is C13H18FNO2. The number of aliphatic hydroxyl groups is 1. The summed E-state index contributed by atoms with van der Waals surface area (Å²) in [7, 11) is 1.46. The van der Waals surface area contributed by atoms with Gasteiger partial charge in [0.15, 0.2) is 11.6 Å². The van der Waals surface area contributed by atoms with Crippen LogP contribution in [0.3, 0.4) is 0 Å². The quantitative estimate of drug-likeness (QED) is 0.844. The number of hydrogen-bond acceptors (Lipinski definition) is 3. The molecule has 0 amide bonds. The van der Waals surface area contributed by atoms with Crippen LogP contribution in [0, 0.1) is 5.82 Å². The fourth-order valence-corrected chi connectivity index (χ4v) is 2.12. The zero-order chi connectivity index (χ0) is 12.4. The van der Waals surface area contributed by atoms with Gasteiger partial charge in [0.25, 0.3) is 0 Å². The van der Waals surface area contributed by atoms with Crippen molar-refractivity contribution in [3.8, 4) is 5.75 Å². The van der Waals surface area contributed by atoms with Crippen LogP contribution in [0.4, 0.5) is 4.39 Å². The smallest absolute Gasteiger partial charge is 0.165 e. The molecule has 17 heavy (non-hydrogen) atoms. The average molecular weight is 239 g/mol. The highest BCUT2D eigenvalue weighted by molar-refractivity contribution is 5.32. The summed E-state index contributed by atoms with van der Waals surface area (Å²) in [6.45, 7) is 2.03. The van der Waals surface area contributed by atoms with Gasteiger partial charge in [-0.2, -0.15) is 0 Å². The fourth-order valence-electron chi connectivity index (χ4n) is 2.12. The molecule has 1 aliphatic carbocycles. The Kier molecular flexibility index (Phi) is 3.64. The summed E-state index contributed by atoms with van der Waals surface area (Å²) < 4.78 is 18.2. The van der Waals surface area contributed by atoms with E-state index in [4.69, 9.17) is 4.74 Å². The molecule has 0 spiro atoms. The highest BCUT2D eigenvalue weighted by atomic mass is 19.1. The molecule has 1 aromatic carbocycles. The van der Waals surface area contributed by atoms with Crippen molar-refractivity contribution in [2.45, 2.75) is 38.0 Å². The van der Waals surface area contributed by atoms with Crippen molar-refractivity contribution in [2.75, 3.05) is 7.11 Å². The Balaban J connectivity index is 2.01. The van der Waals surface area contributed by atoms with Crippen LogP contribution >= 0.6 is 0 Å². The number of methoxy groups -OCH3 is 1. The Morgan fingerprint density at radius 2 is 2.18 bits per heavy atom. The molecular weight excluding hydrogens is 221 g/mol. The molecule has 94 valence electrons. The highest BCUT2D eigenvalue weighted by Crippen LogP contribution is 2.26. The van der Waals surface area contributed by atoms with Gasteiger partial charge in [-0.15, -0.1) is 0 Å². The van der Waals surface area contributed by atoms with Crippen molar-refractivity contribution in [3.63, 3.8) is 0 Å². The van der Waals surface area contributed by atoms with Gasteiger partial charge < -0.3 is 15.2 Å². The molecule has 0 radical (unpaired) electrons. The molecule has 0 aliphatic heterocycles. The minimum atomic E-state index is -0.345. The zero-order valence-electron chi connectivity index (χ0n) is 10.1. The van der Waals surface area contributed by atoms with Crippen molar-refractivity contribution < 1.29 is 14.2 Å². The molecule has 0 saturated heterocycles. The molecule has 2 rings (SSSR count). The summed E-state index contributed by atoms with van der Waals surface area (Å²) in [5, 5.41) is 12.6. The van der Waals surface area contributed by atoms with E-state index in [9.17, 15) is 9.50 Å². The van der Waals surface area contributed by atoms with Crippen LogP contribution in [0.25, 0.3) is 0 Å². The summed E-state index contributed by atoms with van der Waals surface area (Å²) >= 11 is 0. The van der Waals surface area contributed by atoms with Gasteiger partial charge in [-0.05, 0) is 37.5 Å². The molecule has 1 unspecified atom stereocenters. The number of rotatable bonds is 4. The van der Waals surface area contributed by atoms with E-state index >= 15 is 0 Å². The van der Waals surface area contributed by atoms with Crippen molar-refractivity contribution in [3.05, 3.63) is 29.6 Å². The molecule has 1 aliphatic rings. The normalized spacial score (nSPS) is 25.2. The summed E-state index contributed by atoms with van der Waals surface area (Å²) in [5.41, 5.74) is 0.990. The summed E-state index contributed by atoms with van der Waals surface area (Å²) in [6.07, 6.45) is 1.42. The van der Waals surface area contributed by atoms with E-state index < -0.39 is 0 Å². The van der Waals surface area contributed by atoms with Crippen LogP contribution in [0.15, 0.2) is 18.2 Å². The van der Waals surface area contributed by atoms with E-state index in [-0.39, 0.29) is 23.7 Å². The Labute approximate surface area is 101 Å². The first-order valence-electron chi connectivity index (χ1n) is 5.87. The zero-order valence-corrected chi connectivity index (χ0v) is 10.1. The lowest BCUT2D eigenvalue weighted by Gasteiger charge is -2.34. The predicted molar refractivity (Wildman–Crippen MR) is 63.5 cm³/mol. The molecule has 1 atom stereocenters. The van der Waals surface area contributed by atoms with Crippen LogP contribution in [0.2, 0.25) is 0 Å². The molecule has 0 aromatic heterocycles. The van der Waals surface area contributed by atoms with E-state index in [0.29, 0.717) is 6.04 Å². The van der Waals surface area contributed by atoms with Crippen molar-refractivity contribution >= 4 is 0 Å². The lowest BCUT2D eigenvalue weighted by molar-refractivity contribution is 0.0585. The van der Waals surface area contributed by atoms with E-state index in [1.807, 2.05) is 6.92 Å². The summed E-state index contributed by atoms with van der Waals surface area (Å²) in [5.74, 6) is -0.0766. The Morgan fingerprint density at radius 3 is 2.76 bits per heavy atom. The lowest BCUT2D eigenvalue weighted by atomic mass is 9.88. The molecule has 0 bridgehead atoms. The third kappa shape index (κ3) is 2.76. The van der Waals surface area contributed by atoms with Crippen molar-refractivity contribution in [2.24, 2.45) is 0 Å². The first kappa shape index (κ1) is 12.3. The molecule has 4 heteroatoms. The van der Waals surface area contributed by atoms with E-state index in [1.165, 1.54) is 13.2 Å². The minimum absolute atomic E-state index is 0.127. The van der Waals surface area contributed by atoms with Crippen molar-refractivity contribution in [1.29, 1.82) is 0 Å². The third-order valence-electron chi connectivity index (χ3n) is 3.27. The largest absolute Gasteiger partial charge is 0.494 e. The number of aliphatic hydroxyl groups excluding tert-OH is 1. The number of ether oxygens (including phenoxy) is 1. The van der Waals surface area contributed by atoms with Gasteiger partial charge >= 0.3 is 0 Å². The molecule has 2 N–H and O–H groups in total. The van der Waals surface area contributed by atoms with Gasteiger partial charge in [0, 0.05) is 12.1 Å². The van der Waals surface area contributed by atoms with Gasteiger partial charge in [-0.3, -0.25) is 0 Å². The van der Waals surface area contributed by atoms with Crippen LogP contribution in [-0.2, 0) is 0 Å². The Hall–Kier alpha value is -1.13. The molecule has 1 saturated carbocycles. The topological polar surface area (TPSA) is 41.5 Å². The van der Waals surface area contributed by atoms with E-state index in [2.05, 4.69) is 5.32 Å². The van der Waals surface area contributed by atoms with E-state index in [0.717, 1.165) is 18.4 Å². The Morgan fingerprint density at radius 1 is 1.47 bits per heavy atom. The minimum Gasteiger partial charge on any atom is -0.494 e. The highest BCUT2D eigenvalue weighted by Gasteiger charge is 2.28. The maximum absolute atomic E-state index is 13.2. The van der Waals surface area contributed by atoms with Crippen LogP contribution in [0.1, 0.15) is 31.4 Å². The fraction of sp³-hybridized carbons (Fsp3) is 0.538.